The molecule has 2 rings (SSSR count). The number of nitrogens with zero attached hydrogens (tertiary/aromatic N) is 2. The van der Waals surface area contributed by atoms with Gasteiger partial charge >= 0.3 is 6.18 Å². The normalized spacial score (nSPS) is 12.1. The fourth-order valence-electron chi connectivity index (χ4n) is 2.04. The Morgan fingerprint density at radius 2 is 1.95 bits per heavy atom. The van der Waals surface area contributed by atoms with Crippen molar-refractivity contribution in [2.45, 2.75) is 26.6 Å². The van der Waals surface area contributed by atoms with Crippen molar-refractivity contribution in [3.8, 4) is 11.3 Å². The summed E-state index contributed by atoms with van der Waals surface area (Å²) in [5, 5.41) is 0. The van der Waals surface area contributed by atoms with Gasteiger partial charge in [-0.05, 0) is 24.1 Å². The fraction of sp³-hybridized carbons (Fsp3) is 0.357. The van der Waals surface area contributed by atoms with Crippen LogP contribution in [0.2, 0.25) is 0 Å². The number of hydrogen-bond donors (Lipinski definition) is 1. The number of nitrogen functional groups attached to an aromatic ring is 1. The molecule has 0 saturated carbocycles. The number of hydrogen-bond acceptors (Lipinski definition) is 2. The number of anilines is 1. The van der Waals surface area contributed by atoms with Crippen LogP contribution in [0.15, 0.2) is 24.5 Å². The molecule has 1 heterocycles. The highest BCUT2D eigenvalue weighted by molar-refractivity contribution is 5.71. The SMILES string of the molecule is CC(C)Cn1cnc(-c2ccc(F)c(C(F)(F)F)c2)c1N. The van der Waals surface area contributed by atoms with Gasteiger partial charge in [0, 0.05) is 12.1 Å². The lowest BCUT2D eigenvalue weighted by Crippen LogP contribution is -2.09. The summed E-state index contributed by atoms with van der Waals surface area (Å²) in [5.74, 6) is -0.733. The summed E-state index contributed by atoms with van der Waals surface area (Å²) in [7, 11) is 0. The molecule has 0 amide bonds. The van der Waals surface area contributed by atoms with Gasteiger partial charge in [0.25, 0.3) is 0 Å². The second kappa shape index (κ2) is 5.38. The standard InChI is InChI=1S/C14H15F4N3/c1-8(2)6-21-7-20-12(13(21)19)9-3-4-11(15)10(5-9)14(16,17)18/h3-5,7-8H,6,19H2,1-2H3. The zero-order valence-corrected chi connectivity index (χ0v) is 11.6. The molecule has 1 aromatic carbocycles. The second-order valence-electron chi connectivity index (χ2n) is 5.22. The quantitative estimate of drug-likeness (QED) is 0.872. The molecule has 0 saturated heterocycles. The lowest BCUT2D eigenvalue weighted by Gasteiger charge is -2.10. The van der Waals surface area contributed by atoms with Crippen LogP contribution in [0.1, 0.15) is 19.4 Å². The van der Waals surface area contributed by atoms with Crippen LogP contribution in [0.3, 0.4) is 0 Å². The van der Waals surface area contributed by atoms with Crippen LogP contribution in [-0.2, 0) is 12.7 Å². The molecule has 0 bridgehead atoms. The molecule has 0 aliphatic heterocycles. The molecule has 0 aliphatic rings. The highest BCUT2D eigenvalue weighted by atomic mass is 19.4. The van der Waals surface area contributed by atoms with Crippen LogP contribution >= 0.6 is 0 Å². The van der Waals surface area contributed by atoms with Crippen molar-refractivity contribution in [2.24, 2.45) is 5.92 Å². The van der Waals surface area contributed by atoms with E-state index in [1.165, 1.54) is 12.4 Å². The molecule has 0 fully saturated rings. The smallest absolute Gasteiger partial charge is 0.383 e. The van der Waals surface area contributed by atoms with Crippen molar-refractivity contribution in [3.63, 3.8) is 0 Å². The molecule has 2 aromatic rings. The largest absolute Gasteiger partial charge is 0.419 e. The Morgan fingerprint density at radius 3 is 2.52 bits per heavy atom. The molecule has 21 heavy (non-hydrogen) atoms. The average Bonchev–Trinajstić information content (AvgIpc) is 2.70. The van der Waals surface area contributed by atoms with E-state index in [1.54, 1.807) is 4.57 Å². The zero-order valence-electron chi connectivity index (χ0n) is 11.6. The minimum absolute atomic E-state index is 0.142. The summed E-state index contributed by atoms with van der Waals surface area (Å²) < 4.78 is 53.1. The number of rotatable bonds is 3. The molecular weight excluding hydrogens is 286 g/mol. The van der Waals surface area contributed by atoms with Gasteiger partial charge in [-0.1, -0.05) is 13.8 Å². The van der Waals surface area contributed by atoms with Gasteiger partial charge in [0.05, 0.1) is 11.9 Å². The van der Waals surface area contributed by atoms with Gasteiger partial charge in [-0.15, -0.1) is 0 Å². The third-order valence-corrected chi connectivity index (χ3v) is 2.99. The molecule has 0 unspecified atom stereocenters. The first-order valence-electron chi connectivity index (χ1n) is 6.38. The van der Waals surface area contributed by atoms with E-state index in [2.05, 4.69) is 4.98 Å². The van der Waals surface area contributed by atoms with Crippen LogP contribution in [0.4, 0.5) is 23.4 Å². The van der Waals surface area contributed by atoms with Crippen LogP contribution in [0.5, 0.6) is 0 Å². The van der Waals surface area contributed by atoms with Gasteiger partial charge in [0.1, 0.15) is 17.3 Å². The van der Waals surface area contributed by atoms with Crippen molar-refractivity contribution in [3.05, 3.63) is 35.9 Å². The van der Waals surface area contributed by atoms with Crippen LogP contribution in [0.25, 0.3) is 11.3 Å². The van der Waals surface area contributed by atoms with Crippen molar-refractivity contribution in [1.29, 1.82) is 0 Å². The average molecular weight is 301 g/mol. The van der Waals surface area contributed by atoms with E-state index in [-0.39, 0.29) is 17.1 Å². The highest BCUT2D eigenvalue weighted by Crippen LogP contribution is 2.35. The molecule has 0 aliphatic carbocycles. The van der Waals surface area contributed by atoms with Crippen molar-refractivity contribution in [1.82, 2.24) is 9.55 Å². The molecule has 7 heteroatoms. The van der Waals surface area contributed by atoms with Crippen molar-refractivity contribution in [2.75, 3.05) is 5.73 Å². The summed E-state index contributed by atoms with van der Waals surface area (Å²) in [6.45, 7) is 4.57. The zero-order chi connectivity index (χ0) is 15.8. The molecule has 114 valence electrons. The number of benzene rings is 1. The Morgan fingerprint density at radius 1 is 1.29 bits per heavy atom. The first-order chi connectivity index (χ1) is 9.70. The van der Waals surface area contributed by atoms with E-state index < -0.39 is 17.6 Å². The summed E-state index contributed by atoms with van der Waals surface area (Å²) in [6.07, 6.45) is -3.28. The summed E-state index contributed by atoms with van der Waals surface area (Å²) in [4.78, 5) is 4.04. The lowest BCUT2D eigenvalue weighted by atomic mass is 10.1. The number of halogens is 4. The molecule has 1 aromatic heterocycles. The second-order valence-corrected chi connectivity index (χ2v) is 5.22. The van der Waals surface area contributed by atoms with E-state index in [4.69, 9.17) is 5.73 Å². The lowest BCUT2D eigenvalue weighted by molar-refractivity contribution is -0.139. The summed E-state index contributed by atoms with van der Waals surface area (Å²) in [5.41, 5.74) is 4.95. The summed E-state index contributed by atoms with van der Waals surface area (Å²) in [6, 6.07) is 2.75. The predicted octanol–water partition coefficient (Wildman–Crippen LogP) is 3.95. The highest BCUT2D eigenvalue weighted by Gasteiger charge is 2.34. The fourth-order valence-corrected chi connectivity index (χ4v) is 2.04. The number of imidazole rings is 1. The minimum atomic E-state index is -4.75. The van der Waals surface area contributed by atoms with Crippen LogP contribution in [-0.4, -0.2) is 9.55 Å². The Kier molecular flexibility index (Phi) is 3.93. The summed E-state index contributed by atoms with van der Waals surface area (Å²) >= 11 is 0. The van der Waals surface area contributed by atoms with Crippen LogP contribution in [0, 0.1) is 11.7 Å². The van der Waals surface area contributed by atoms with Crippen molar-refractivity contribution < 1.29 is 17.6 Å². The topological polar surface area (TPSA) is 43.8 Å². The van der Waals surface area contributed by atoms with Gasteiger partial charge in [-0.25, -0.2) is 9.37 Å². The van der Waals surface area contributed by atoms with E-state index in [0.717, 1.165) is 12.1 Å². The van der Waals surface area contributed by atoms with Gasteiger partial charge in [-0.3, -0.25) is 0 Å². The molecule has 2 N–H and O–H groups in total. The third-order valence-electron chi connectivity index (χ3n) is 2.99. The van der Waals surface area contributed by atoms with Crippen LogP contribution < -0.4 is 5.73 Å². The van der Waals surface area contributed by atoms with E-state index >= 15 is 0 Å². The maximum atomic E-state index is 13.3. The third kappa shape index (κ3) is 3.17. The predicted molar refractivity (Wildman–Crippen MR) is 71.9 cm³/mol. The maximum absolute atomic E-state index is 13.3. The Labute approximate surface area is 119 Å². The number of aromatic nitrogens is 2. The van der Waals surface area contributed by atoms with E-state index in [0.29, 0.717) is 12.5 Å². The van der Waals surface area contributed by atoms with Gasteiger partial charge in [0.15, 0.2) is 0 Å². The first kappa shape index (κ1) is 15.3. The Hall–Kier alpha value is -2.05. The number of nitrogens with two attached hydrogens (primary N) is 1. The maximum Gasteiger partial charge on any atom is 0.419 e. The van der Waals surface area contributed by atoms with Gasteiger partial charge in [0.2, 0.25) is 0 Å². The van der Waals surface area contributed by atoms with E-state index in [1.807, 2.05) is 13.8 Å². The van der Waals surface area contributed by atoms with Gasteiger partial charge in [-0.2, -0.15) is 13.2 Å². The van der Waals surface area contributed by atoms with Gasteiger partial charge < -0.3 is 10.3 Å². The van der Waals surface area contributed by atoms with Crippen molar-refractivity contribution >= 4 is 5.82 Å². The molecule has 0 spiro atoms. The Balaban J connectivity index is 2.46. The molecule has 0 atom stereocenters. The number of alkyl halides is 3. The van der Waals surface area contributed by atoms with E-state index in [9.17, 15) is 17.6 Å². The molecule has 3 nitrogen and oxygen atoms in total. The Bertz CT molecular complexity index is 644. The first-order valence-corrected chi connectivity index (χ1v) is 6.38. The molecule has 0 radical (unpaired) electrons. The monoisotopic (exact) mass is 301 g/mol. The minimum Gasteiger partial charge on any atom is -0.383 e. The molecular formula is C14H15F4N3.